The topological polar surface area (TPSA) is 42.0 Å². The Hall–Kier alpha value is -2.60. The number of aldehydes is 1. The van der Waals surface area contributed by atoms with Crippen LogP contribution in [0.15, 0.2) is 54.6 Å². The molecule has 0 aliphatic heterocycles. The quantitative estimate of drug-likeness (QED) is 0.446. The lowest BCUT2D eigenvalue weighted by Gasteiger charge is -2.40. The molecule has 31 heavy (non-hydrogen) atoms. The van der Waals surface area contributed by atoms with Gasteiger partial charge in [0, 0.05) is 34.0 Å². The highest BCUT2D eigenvalue weighted by Gasteiger charge is 2.37. The molecule has 1 saturated carbocycles. The average Bonchev–Trinajstić information content (AvgIpc) is 2.77. The smallest absolute Gasteiger partial charge is 0.384 e. The van der Waals surface area contributed by atoms with Crippen LogP contribution >= 0.6 is 11.6 Å². The zero-order valence-electron chi connectivity index (χ0n) is 16.8. The third kappa shape index (κ3) is 4.54. The molecule has 1 fully saturated rings. The van der Waals surface area contributed by atoms with Crippen molar-refractivity contribution in [3.63, 3.8) is 0 Å². The van der Waals surface area contributed by atoms with Crippen LogP contribution in [0.3, 0.4) is 0 Å². The molecular weight excluding hydrogens is 425 g/mol. The molecule has 0 unspecified atom stereocenters. The van der Waals surface area contributed by atoms with Gasteiger partial charge < -0.3 is 10.1 Å². The van der Waals surface area contributed by atoms with Gasteiger partial charge in [-0.1, -0.05) is 41.9 Å². The highest BCUT2D eigenvalue weighted by Crippen LogP contribution is 2.42. The highest BCUT2D eigenvalue weighted by atomic mass is 35.5. The predicted octanol–water partition coefficient (Wildman–Crippen LogP) is 6.65. The first-order chi connectivity index (χ1) is 14.8. The van der Waals surface area contributed by atoms with Crippen molar-refractivity contribution in [3.05, 3.63) is 70.9 Å². The summed E-state index contributed by atoms with van der Waals surface area (Å²) in [5.74, 6) is 0.0363. The minimum atomic E-state index is -4.55. The maximum atomic E-state index is 13.4. The largest absolute Gasteiger partial charge is 0.433 e. The SMILES string of the molecule is O=CC1CCC(CNc2cc(C(F)(F)F)nc3ccc(Cl)cc23)(c2ccccc2)CC1. The molecule has 0 saturated heterocycles. The second kappa shape index (κ2) is 8.50. The molecule has 162 valence electrons. The maximum Gasteiger partial charge on any atom is 0.433 e. The normalized spacial score (nSPS) is 21.7. The van der Waals surface area contributed by atoms with Crippen molar-refractivity contribution in [3.8, 4) is 0 Å². The summed E-state index contributed by atoms with van der Waals surface area (Å²) in [6.45, 7) is 0.450. The van der Waals surface area contributed by atoms with Crippen LogP contribution in [0.2, 0.25) is 5.02 Å². The number of carbonyl (C=O) groups is 1. The molecule has 0 atom stereocenters. The average molecular weight is 447 g/mol. The summed E-state index contributed by atoms with van der Waals surface area (Å²) in [5.41, 5.74) is 0.503. The maximum absolute atomic E-state index is 13.4. The summed E-state index contributed by atoms with van der Waals surface area (Å²) in [7, 11) is 0. The predicted molar refractivity (Wildman–Crippen MR) is 116 cm³/mol. The Morgan fingerprint density at radius 2 is 1.81 bits per heavy atom. The fraction of sp³-hybridized carbons (Fsp3) is 0.333. The number of alkyl halides is 3. The van der Waals surface area contributed by atoms with Gasteiger partial charge in [0.2, 0.25) is 0 Å². The second-order valence-electron chi connectivity index (χ2n) is 8.19. The minimum Gasteiger partial charge on any atom is -0.384 e. The van der Waals surface area contributed by atoms with E-state index in [4.69, 9.17) is 11.6 Å². The molecule has 0 amide bonds. The Balaban J connectivity index is 1.72. The first-order valence-electron chi connectivity index (χ1n) is 10.2. The van der Waals surface area contributed by atoms with Gasteiger partial charge in [-0.25, -0.2) is 4.98 Å². The van der Waals surface area contributed by atoms with Crippen molar-refractivity contribution in [1.29, 1.82) is 0 Å². The molecule has 7 heteroatoms. The zero-order valence-corrected chi connectivity index (χ0v) is 17.5. The van der Waals surface area contributed by atoms with Crippen LogP contribution in [-0.4, -0.2) is 17.8 Å². The Morgan fingerprint density at radius 3 is 2.45 bits per heavy atom. The van der Waals surface area contributed by atoms with Gasteiger partial charge in [-0.3, -0.25) is 0 Å². The van der Waals surface area contributed by atoms with E-state index in [-0.39, 0.29) is 16.8 Å². The van der Waals surface area contributed by atoms with E-state index in [1.54, 1.807) is 6.07 Å². The van der Waals surface area contributed by atoms with Crippen LogP contribution in [-0.2, 0) is 16.4 Å². The number of pyridine rings is 1. The van der Waals surface area contributed by atoms with Crippen LogP contribution in [0.5, 0.6) is 0 Å². The summed E-state index contributed by atoms with van der Waals surface area (Å²) in [6.07, 6.45) is -0.458. The van der Waals surface area contributed by atoms with E-state index in [1.807, 2.05) is 30.3 Å². The lowest BCUT2D eigenvalue weighted by atomic mass is 9.66. The van der Waals surface area contributed by atoms with Crippen molar-refractivity contribution in [1.82, 2.24) is 4.98 Å². The number of nitrogens with one attached hydrogen (secondary N) is 1. The standard InChI is InChI=1S/C24H22ClF3N2O/c25-18-6-7-20-19(12-18)21(13-22(30-20)24(26,27)28)29-15-23(17-4-2-1-3-5-17)10-8-16(14-31)9-11-23/h1-7,12-14,16H,8-11,15H2,(H,29,30). The fourth-order valence-electron chi connectivity index (χ4n) is 4.44. The molecule has 1 aliphatic carbocycles. The zero-order chi connectivity index (χ0) is 22.1. The molecule has 1 heterocycles. The van der Waals surface area contributed by atoms with E-state index >= 15 is 0 Å². The molecule has 1 aliphatic rings. The van der Waals surface area contributed by atoms with Crippen molar-refractivity contribution < 1.29 is 18.0 Å². The van der Waals surface area contributed by atoms with Gasteiger partial charge >= 0.3 is 6.18 Å². The van der Waals surface area contributed by atoms with Crippen molar-refractivity contribution in [2.24, 2.45) is 5.92 Å². The summed E-state index contributed by atoms with van der Waals surface area (Å²) >= 11 is 6.11. The summed E-state index contributed by atoms with van der Waals surface area (Å²) < 4.78 is 40.3. The van der Waals surface area contributed by atoms with Crippen molar-refractivity contribution in [2.75, 3.05) is 11.9 Å². The second-order valence-corrected chi connectivity index (χ2v) is 8.62. The van der Waals surface area contributed by atoms with E-state index in [1.165, 1.54) is 12.1 Å². The summed E-state index contributed by atoms with van der Waals surface area (Å²) in [5, 5.41) is 4.26. The minimum absolute atomic E-state index is 0.0363. The number of carbonyl (C=O) groups excluding carboxylic acids is 1. The number of anilines is 1. The monoisotopic (exact) mass is 446 g/mol. The van der Waals surface area contributed by atoms with Crippen LogP contribution in [0.1, 0.15) is 36.9 Å². The Kier molecular flexibility index (Phi) is 5.93. The molecule has 3 nitrogen and oxygen atoms in total. The number of fused-ring (bicyclic) bond motifs is 1. The molecule has 0 radical (unpaired) electrons. The number of hydrogen-bond acceptors (Lipinski definition) is 3. The number of nitrogens with zero attached hydrogens (tertiary/aromatic N) is 1. The van der Waals surface area contributed by atoms with E-state index in [9.17, 15) is 18.0 Å². The molecule has 4 rings (SSSR count). The Morgan fingerprint density at radius 1 is 1.10 bits per heavy atom. The third-order valence-electron chi connectivity index (χ3n) is 6.24. The van der Waals surface area contributed by atoms with E-state index in [0.717, 1.165) is 43.6 Å². The lowest BCUT2D eigenvalue weighted by molar-refractivity contribution is -0.140. The van der Waals surface area contributed by atoms with E-state index in [0.29, 0.717) is 22.6 Å². The van der Waals surface area contributed by atoms with E-state index in [2.05, 4.69) is 10.3 Å². The van der Waals surface area contributed by atoms with Gasteiger partial charge in [-0.05, 0) is 55.5 Å². The van der Waals surface area contributed by atoms with Crippen LogP contribution in [0, 0.1) is 5.92 Å². The van der Waals surface area contributed by atoms with Gasteiger partial charge in [-0.15, -0.1) is 0 Å². The van der Waals surface area contributed by atoms with Gasteiger partial charge in [0.1, 0.15) is 12.0 Å². The molecule has 2 aromatic carbocycles. The first-order valence-corrected chi connectivity index (χ1v) is 10.6. The highest BCUT2D eigenvalue weighted by molar-refractivity contribution is 6.31. The number of benzene rings is 2. The van der Waals surface area contributed by atoms with E-state index < -0.39 is 11.9 Å². The molecule has 1 aromatic heterocycles. The fourth-order valence-corrected chi connectivity index (χ4v) is 4.61. The number of halogens is 4. The Bertz CT molecular complexity index is 1080. The van der Waals surface area contributed by atoms with Crippen LogP contribution in [0.25, 0.3) is 10.9 Å². The number of hydrogen-bond donors (Lipinski definition) is 1. The number of aromatic nitrogens is 1. The molecule has 1 N–H and O–H groups in total. The molecule has 0 bridgehead atoms. The first kappa shape index (κ1) is 21.6. The molecule has 3 aromatic rings. The third-order valence-corrected chi connectivity index (χ3v) is 6.48. The lowest BCUT2D eigenvalue weighted by Crippen LogP contribution is -2.38. The van der Waals surface area contributed by atoms with Crippen molar-refractivity contribution in [2.45, 2.75) is 37.3 Å². The number of rotatable bonds is 5. The van der Waals surface area contributed by atoms with Crippen LogP contribution < -0.4 is 5.32 Å². The van der Waals surface area contributed by atoms with Gasteiger partial charge in [0.05, 0.1) is 5.52 Å². The summed E-state index contributed by atoms with van der Waals surface area (Å²) in [6, 6.07) is 15.7. The molecular formula is C24H22ClF3N2O. The van der Waals surface area contributed by atoms with Crippen LogP contribution in [0.4, 0.5) is 18.9 Å². The van der Waals surface area contributed by atoms with Gasteiger partial charge in [-0.2, -0.15) is 13.2 Å². The summed E-state index contributed by atoms with van der Waals surface area (Å²) in [4.78, 5) is 15.0. The van der Waals surface area contributed by atoms with Gasteiger partial charge in [0.25, 0.3) is 0 Å². The Labute approximate surface area is 183 Å². The van der Waals surface area contributed by atoms with Gasteiger partial charge in [0.15, 0.2) is 0 Å². The molecule has 0 spiro atoms. The van der Waals surface area contributed by atoms with Crippen molar-refractivity contribution >= 4 is 34.5 Å².